The standard InChI is InChI=1S/C11H16N2O2/c1-8-5-3-4-6-10(8)15-7-9(2)11(12)13-14/h3-6,9,14H,7H2,1-2H3,(H2,12,13). The average molecular weight is 208 g/mol. The fourth-order valence-electron chi connectivity index (χ4n) is 1.12. The van der Waals surface area contributed by atoms with Crippen LogP contribution in [0.3, 0.4) is 0 Å². The lowest BCUT2D eigenvalue weighted by molar-refractivity contribution is 0.278. The van der Waals surface area contributed by atoms with E-state index in [0.717, 1.165) is 11.3 Å². The fraction of sp³-hybridized carbons (Fsp3) is 0.364. The van der Waals surface area contributed by atoms with Crippen LogP contribution >= 0.6 is 0 Å². The predicted molar refractivity (Wildman–Crippen MR) is 59.2 cm³/mol. The van der Waals surface area contributed by atoms with Crippen molar-refractivity contribution in [1.82, 2.24) is 0 Å². The van der Waals surface area contributed by atoms with Crippen LogP contribution in [-0.4, -0.2) is 17.6 Å². The number of oxime groups is 1. The van der Waals surface area contributed by atoms with E-state index in [1.807, 2.05) is 38.1 Å². The zero-order valence-electron chi connectivity index (χ0n) is 8.97. The highest BCUT2D eigenvalue weighted by Crippen LogP contribution is 2.16. The van der Waals surface area contributed by atoms with E-state index >= 15 is 0 Å². The monoisotopic (exact) mass is 208 g/mol. The van der Waals surface area contributed by atoms with Gasteiger partial charge in [-0.25, -0.2) is 0 Å². The first-order chi connectivity index (χ1) is 7.15. The Hall–Kier alpha value is -1.71. The van der Waals surface area contributed by atoms with Crippen LogP contribution in [-0.2, 0) is 0 Å². The smallest absolute Gasteiger partial charge is 0.145 e. The predicted octanol–water partition coefficient (Wildman–Crippen LogP) is 1.76. The Balaban J connectivity index is 2.54. The second-order valence-electron chi connectivity index (χ2n) is 3.50. The molecule has 1 unspecified atom stereocenters. The minimum Gasteiger partial charge on any atom is -0.493 e. The molecule has 0 aliphatic heterocycles. The second-order valence-corrected chi connectivity index (χ2v) is 3.50. The fourth-order valence-corrected chi connectivity index (χ4v) is 1.12. The Morgan fingerprint density at radius 2 is 2.20 bits per heavy atom. The van der Waals surface area contributed by atoms with Gasteiger partial charge in [0.2, 0.25) is 0 Å². The van der Waals surface area contributed by atoms with E-state index in [9.17, 15) is 0 Å². The molecule has 0 aromatic heterocycles. The topological polar surface area (TPSA) is 67.8 Å². The molecule has 0 bridgehead atoms. The number of nitrogens with zero attached hydrogens (tertiary/aromatic N) is 1. The summed E-state index contributed by atoms with van der Waals surface area (Å²) in [6.45, 7) is 4.22. The summed E-state index contributed by atoms with van der Waals surface area (Å²) in [7, 11) is 0. The first-order valence-corrected chi connectivity index (χ1v) is 4.81. The number of hydrogen-bond donors (Lipinski definition) is 2. The Morgan fingerprint density at radius 3 is 2.80 bits per heavy atom. The van der Waals surface area contributed by atoms with Gasteiger partial charge in [-0.2, -0.15) is 0 Å². The molecule has 1 aromatic carbocycles. The maximum Gasteiger partial charge on any atom is 0.145 e. The van der Waals surface area contributed by atoms with Crippen LogP contribution in [0.1, 0.15) is 12.5 Å². The van der Waals surface area contributed by atoms with Crippen molar-refractivity contribution in [2.45, 2.75) is 13.8 Å². The van der Waals surface area contributed by atoms with Gasteiger partial charge in [0.1, 0.15) is 11.6 Å². The maximum atomic E-state index is 8.46. The summed E-state index contributed by atoms with van der Waals surface area (Å²) in [5.41, 5.74) is 6.51. The van der Waals surface area contributed by atoms with Crippen molar-refractivity contribution in [3.63, 3.8) is 0 Å². The lowest BCUT2D eigenvalue weighted by Gasteiger charge is -2.12. The van der Waals surface area contributed by atoms with Crippen molar-refractivity contribution >= 4 is 5.84 Å². The van der Waals surface area contributed by atoms with Gasteiger partial charge in [-0.1, -0.05) is 30.3 Å². The van der Waals surface area contributed by atoms with Gasteiger partial charge in [0.25, 0.3) is 0 Å². The van der Waals surface area contributed by atoms with Crippen LogP contribution in [0.2, 0.25) is 0 Å². The average Bonchev–Trinajstić information content (AvgIpc) is 2.26. The highest BCUT2D eigenvalue weighted by Gasteiger charge is 2.08. The van der Waals surface area contributed by atoms with E-state index in [1.165, 1.54) is 0 Å². The van der Waals surface area contributed by atoms with E-state index in [2.05, 4.69) is 5.16 Å². The van der Waals surface area contributed by atoms with Crippen molar-refractivity contribution in [2.75, 3.05) is 6.61 Å². The van der Waals surface area contributed by atoms with E-state index in [-0.39, 0.29) is 11.8 Å². The first-order valence-electron chi connectivity index (χ1n) is 4.81. The van der Waals surface area contributed by atoms with Crippen LogP contribution in [0, 0.1) is 12.8 Å². The molecule has 4 heteroatoms. The summed E-state index contributed by atoms with van der Waals surface area (Å²) in [6.07, 6.45) is 0. The molecular weight excluding hydrogens is 192 g/mol. The van der Waals surface area contributed by atoms with Crippen molar-refractivity contribution in [3.8, 4) is 5.75 Å². The second kappa shape index (κ2) is 5.24. The Kier molecular flexibility index (Phi) is 3.97. The highest BCUT2D eigenvalue weighted by molar-refractivity contribution is 5.81. The van der Waals surface area contributed by atoms with Crippen molar-refractivity contribution in [3.05, 3.63) is 29.8 Å². The van der Waals surface area contributed by atoms with Gasteiger partial charge in [-0.05, 0) is 18.6 Å². The normalized spacial score (nSPS) is 13.6. The Labute approximate surface area is 89.4 Å². The quantitative estimate of drug-likeness (QED) is 0.343. The molecular formula is C11H16N2O2. The summed E-state index contributed by atoms with van der Waals surface area (Å²) in [5.74, 6) is 0.910. The van der Waals surface area contributed by atoms with Gasteiger partial charge < -0.3 is 15.7 Å². The number of hydrogen-bond acceptors (Lipinski definition) is 3. The minimum atomic E-state index is -0.102. The molecule has 0 saturated carbocycles. The van der Waals surface area contributed by atoms with Gasteiger partial charge >= 0.3 is 0 Å². The molecule has 0 radical (unpaired) electrons. The molecule has 82 valence electrons. The number of rotatable bonds is 4. The maximum absolute atomic E-state index is 8.46. The molecule has 0 saturated heterocycles. The first kappa shape index (κ1) is 11.4. The molecule has 1 atom stereocenters. The summed E-state index contributed by atoms with van der Waals surface area (Å²) in [6, 6.07) is 7.74. The van der Waals surface area contributed by atoms with E-state index in [1.54, 1.807) is 0 Å². The lowest BCUT2D eigenvalue weighted by atomic mass is 10.2. The van der Waals surface area contributed by atoms with Crippen LogP contribution in [0.5, 0.6) is 5.75 Å². The molecule has 0 aliphatic carbocycles. The zero-order valence-corrected chi connectivity index (χ0v) is 8.97. The number of aryl methyl sites for hydroxylation is 1. The van der Waals surface area contributed by atoms with Crippen molar-refractivity contribution < 1.29 is 9.94 Å². The van der Waals surface area contributed by atoms with Crippen LogP contribution < -0.4 is 10.5 Å². The van der Waals surface area contributed by atoms with Gasteiger partial charge in [0.05, 0.1) is 12.5 Å². The van der Waals surface area contributed by atoms with Gasteiger partial charge in [-0.15, -0.1) is 0 Å². The molecule has 0 amide bonds. The third-order valence-electron chi connectivity index (χ3n) is 2.20. The largest absolute Gasteiger partial charge is 0.493 e. The summed E-state index contributed by atoms with van der Waals surface area (Å²) < 4.78 is 5.55. The molecule has 4 nitrogen and oxygen atoms in total. The van der Waals surface area contributed by atoms with E-state index in [0.29, 0.717) is 6.61 Å². The number of nitrogens with two attached hydrogens (primary N) is 1. The molecule has 0 fully saturated rings. The van der Waals surface area contributed by atoms with Crippen molar-refractivity contribution in [1.29, 1.82) is 0 Å². The molecule has 0 aliphatic rings. The van der Waals surface area contributed by atoms with E-state index < -0.39 is 0 Å². The number of amidine groups is 1. The van der Waals surface area contributed by atoms with Gasteiger partial charge in [0, 0.05) is 0 Å². The SMILES string of the molecule is Cc1ccccc1OCC(C)/C(N)=N/O. The number of benzene rings is 1. The molecule has 15 heavy (non-hydrogen) atoms. The molecule has 3 N–H and O–H groups in total. The molecule has 0 spiro atoms. The van der Waals surface area contributed by atoms with Gasteiger partial charge in [-0.3, -0.25) is 0 Å². The molecule has 1 aromatic rings. The minimum absolute atomic E-state index is 0.102. The number of para-hydroxylation sites is 1. The van der Waals surface area contributed by atoms with Crippen LogP contribution in [0.15, 0.2) is 29.4 Å². The molecule has 0 heterocycles. The Bertz CT molecular complexity index is 350. The lowest BCUT2D eigenvalue weighted by Crippen LogP contribution is -2.26. The number of ether oxygens (including phenoxy) is 1. The third-order valence-corrected chi connectivity index (χ3v) is 2.20. The van der Waals surface area contributed by atoms with Crippen LogP contribution in [0.25, 0.3) is 0 Å². The zero-order chi connectivity index (χ0) is 11.3. The summed E-state index contributed by atoms with van der Waals surface area (Å²) in [5, 5.41) is 11.4. The summed E-state index contributed by atoms with van der Waals surface area (Å²) >= 11 is 0. The van der Waals surface area contributed by atoms with Crippen molar-refractivity contribution in [2.24, 2.45) is 16.8 Å². The molecule has 1 rings (SSSR count). The van der Waals surface area contributed by atoms with Crippen LogP contribution in [0.4, 0.5) is 0 Å². The summed E-state index contributed by atoms with van der Waals surface area (Å²) in [4.78, 5) is 0. The Morgan fingerprint density at radius 1 is 1.53 bits per heavy atom. The third kappa shape index (κ3) is 3.16. The van der Waals surface area contributed by atoms with Gasteiger partial charge in [0.15, 0.2) is 0 Å². The highest BCUT2D eigenvalue weighted by atomic mass is 16.5. The van der Waals surface area contributed by atoms with E-state index in [4.69, 9.17) is 15.7 Å².